The second-order valence-corrected chi connectivity index (χ2v) is 21.9. The molecule has 0 aliphatic rings. The first kappa shape index (κ1) is 36.0. The Kier molecular flexibility index (Phi) is 12.4. The van der Waals surface area contributed by atoms with Crippen LogP contribution in [0.2, 0.25) is 19.6 Å². The number of halogens is 2. The number of rotatable bonds is 6. The SMILES string of the molecule is CC(C)(C)c1ccc(-c2[c-]cc(F)cc2)nc1.C[Si](C)(C)c1ccc(-c2[c-]cc(F)cc2)nc1.[2H]c1cc(C([2H])([2H])C(C)(C)C)cc([2H])c1-c1c(C([2H])([2H])[2H])cnc(-c2[c-]cccc2)c1[2H].[Ir+3]. The van der Waals surface area contributed by atoms with Crippen molar-refractivity contribution in [3.05, 3.63) is 180 Å². The van der Waals surface area contributed by atoms with Gasteiger partial charge in [-0.05, 0) is 74.1 Å². The molecule has 59 heavy (non-hydrogen) atoms. The fourth-order valence-corrected chi connectivity index (χ4v) is 6.48. The van der Waals surface area contributed by atoms with Gasteiger partial charge in [0.25, 0.3) is 0 Å². The monoisotopic (exact) mass is 987 g/mol. The van der Waals surface area contributed by atoms with Crippen molar-refractivity contribution in [1.82, 2.24) is 15.0 Å². The van der Waals surface area contributed by atoms with Crippen LogP contribution in [0.4, 0.5) is 8.78 Å². The summed E-state index contributed by atoms with van der Waals surface area (Å²) in [6.07, 6.45) is 3.14. The van der Waals surface area contributed by atoms with E-state index < -0.39 is 26.7 Å². The van der Waals surface area contributed by atoms with Gasteiger partial charge in [0, 0.05) is 37.1 Å². The van der Waals surface area contributed by atoms with Crippen molar-refractivity contribution in [2.75, 3.05) is 0 Å². The second-order valence-electron chi connectivity index (χ2n) is 16.8. The summed E-state index contributed by atoms with van der Waals surface area (Å²) in [6, 6.07) is 34.6. The minimum absolute atomic E-state index is 0. The Morgan fingerprint density at radius 3 is 1.69 bits per heavy atom. The van der Waals surface area contributed by atoms with Gasteiger partial charge in [-0.15, -0.1) is 95.6 Å². The number of aromatic nitrogens is 3. The Balaban J connectivity index is 0.000000237. The van der Waals surface area contributed by atoms with Gasteiger partial charge in [0.15, 0.2) is 0 Å². The third-order valence-electron chi connectivity index (χ3n) is 8.67. The van der Waals surface area contributed by atoms with E-state index >= 15 is 0 Å². The van der Waals surface area contributed by atoms with Crippen LogP contribution in [0.1, 0.15) is 69.2 Å². The van der Waals surface area contributed by atoms with Crippen LogP contribution in [0.25, 0.3) is 44.9 Å². The van der Waals surface area contributed by atoms with E-state index in [9.17, 15) is 8.78 Å². The van der Waals surface area contributed by atoms with Crippen LogP contribution >= 0.6 is 0 Å². The van der Waals surface area contributed by atoms with Crippen molar-refractivity contribution in [3.63, 3.8) is 0 Å². The minimum atomic E-state index is -2.62. The average molecular weight is 987 g/mol. The summed E-state index contributed by atoms with van der Waals surface area (Å²) >= 11 is 0. The molecule has 7 aromatic rings. The number of hydrogen-bond donors (Lipinski definition) is 0. The summed E-state index contributed by atoms with van der Waals surface area (Å²) in [5.74, 6) is -0.549. The summed E-state index contributed by atoms with van der Waals surface area (Å²) in [6.45, 7) is 15.9. The van der Waals surface area contributed by atoms with Crippen LogP contribution in [0.5, 0.6) is 0 Å². The molecule has 0 saturated heterocycles. The molecule has 0 saturated carbocycles. The minimum Gasteiger partial charge on any atom is -0.305 e. The van der Waals surface area contributed by atoms with Gasteiger partial charge in [-0.1, -0.05) is 116 Å². The molecule has 0 bridgehead atoms. The maximum atomic E-state index is 12.8. The summed E-state index contributed by atoms with van der Waals surface area (Å²) in [5.41, 5.74) is 4.32. The third-order valence-corrected chi connectivity index (χ3v) is 10.7. The molecular weight excluding hydrogens is 925 g/mol. The molecule has 3 aromatic heterocycles. The normalized spacial score (nSPS) is 13.7. The Bertz CT molecular complexity index is 2610. The zero-order valence-electron chi connectivity index (χ0n) is 42.9. The van der Waals surface area contributed by atoms with E-state index in [1.54, 1.807) is 57.2 Å². The van der Waals surface area contributed by atoms with Crippen LogP contribution in [-0.4, -0.2) is 23.0 Å². The fraction of sp³-hybridized carbons (Fsp3) is 0.250. The number of pyridine rings is 3. The smallest absolute Gasteiger partial charge is 0.305 e. The Hall–Kier alpha value is -4.94. The number of benzene rings is 4. The van der Waals surface area contributed by atoms with E-state index in [0.29, 0.717) is 5.56 Å². The molecular formula is C52H54F2IrN3Si. The quantitative estimate of drug-likeness (QED) is 0.123. The van der Waals surface area contributed by atoms with Gasteiger partial charge in [0.05, 0.1) is 12.2 Å². The molecule has 3 heterocycles. The maximum Gasteiger partial charge on any atom is 3.00 e. The molecule has 0 atom stereocenters. The number of hydrogen-bond acceptors (Lipinski definition) is 3. The number of aryl methyl sites for hydroxylation is 1. The van der Waals surface area contributed by atoms with Gasteiger partial charge in [0.1, 0.15) is 0 Å². The van der Waals surface area contributed by atoms with Gasteiger partial charge in [-0.3, -0.25) is 8.78 Å². The van der Waals surface area contributed by atoms with E-state index in [0.717, 1.165) is 28.7 Å². The molecule has 0 aliphatic heterocycles. The predicted molar refractivity (Wildman–Crippen MR) is 240 cm³/mol. The van der Waals surface area contributed by atoms with Crippen molar-refractivity contribution in [3.8, 4) is 44.9 Å². The second kappa shape index (κ2) is 20.3. The molecule has 0 fully saturated rings. The van der Waals surface area contributed by atoms with Gasteiger partial charge in [-0.25, -0.2) is 0 Å². The molecule has 0 N–H and O–H groups in total. The summed E-state index contributed by atoms with van der Waals surface area (Å²) in [4.78, 5) is 13.0. The summed E-state index contributed by atoms with van der Waals surface area (Å²) in [7, 11) is -1.30. The van der Waals surface area contributed by atoms with Crippen LogP contribution < -0.4 is 5.19 Å². The van der Waals surface area contributed by atoms with Crippen molar-refractivity contribution < 1.29 is 39.9 Å². The number of nitrogens with zero attached hydrogens (tertiary/aromatic N) is 3. The van der Waals surface area contributed by atoms with Gasteiger partial charge < -0.3 is 15.0 Å². The van der Waals surface area contributed by atoms with E-state index in [1.165, 1.54) is 47.1 Å². The Labute approximate surface area is 377 Å². The predicted octanol–water partition coefficient (Wildman–Crippen LogP) is 13.3. The van der Waals surface area contributed by atoms with Crippen molar-refractivity contribution in [2.24, 2.45) is 5.41 Å². The van der Waals surface area contributed by atoms with Crippen LogP contribution in [-0.2, 0) is 31.9 Å². The first-order valence-corrected chi connectivity index (χ1v) is 22.5. The maximum absolute atomic E-state index is 12.8. The van der Waals surface area contributed by atoms with E-state index in [-0.39, 0.29) is 83.2 Å². The van der Waals surface area contributed by atoms with Crippen LogP contribution in [0.3, 0.4) is 0 Å². The molecule has 7 rings (SSSR count). The average Bonchev–Trinajstić information content (AvgIpc) is 3.24. The topological polar surface area (TPSA) is 38.7 Å². The molecule has 0 radical (unpaired) electrons. The molecule has 0 unspecified atom stereocenters. The third kappa shape index (κ3) is 14.1. The fourth-order valence-electron chi connectivity index (χ4n) is 5.44. The molecule has 304 valence electrons. The zero-order chi connectivity index (χ0) is 49.0. The van der Waals surface area contributed by atoms with Gasteiger partial charge in [-0.2, -0.15) is 0 Å². The van der Waals surface area contributed by atoms with Crippen LogP contribution in [0.15, 0.2) is 134 Å². The summed E-state index contributed by atoms with van der Waals surface area (Å²) in [5, 5.41) is 1.32. The van der Waals surface area contributed by atoms with E-state index in [4.69, 9.17) is 11.0 Å². The first-order chi connectivity index (χ1) is 30.6. The zero-order valence-corrected chi connectivity index (χ0v) is 38.3. The largest absolute Gasteiger partial charge is 3.00 e. The van der Waals surface area contributed by atoms with Crippen molar-refractivity contribution in [1.29, 1.82) is 0 Å². The molecule has 0 amide bonds. The van der Waals surface area contributed by atoms with E-state index in [2.05, 4.69) is 85.7 Å². The summed E-state index contributed by atoms with van der Waals surface area (Å²) < 4.78 is 92.1. The first-order valence-electron chi connectivity index (χ1n) is 23.0. The molecule has 3 nitrogen and oxygen atoms in total. The molecule has 7 heteroatoms. The molecule has 4 aromatic carbocycles. The van der Waals surface area contributed by atoms with Gasteiger partial charge in [0.2, 0.25) is 0 Å². The van der Waals surface area contributed by atoms with Crippen molar-refractivity contribution in [2.45, 2.75) is 79.8 Å². The Morgan fingerprint density at radius 2 is 1.25 bits per heavy atom. The van der Waals surface area contributed by atoms with Crippen LogP contribution in [0, 0.1) is 42.1 Å². The van der Waals surface area contributed by atoms with Crippen molar-refractivity contribution >= 4 is 13.3 Å². The van der Waals surface area contributed by atoms with Gasteiger partial charge >= 0.3 is 20.1 Å². The van der Waals surface area contributed by atoms with E-state index in [1.807, 2.05) is 24.5 Å². The Morgan fingerprint density at radius 1 is 0.678 bits per heavy atom. The standard InChI is InChI=1S/C23H24N.C15H15FN.C14H15FNSi.Ir/c1-17-16-24-22(20-8-6-5-7-9-20)14-21(17)19-12-10-18(11-13-19)15-23(2,3)4;1-15(2,3)12-6-9-14(17-10-12)11-4-7-13(16)8-5-11;1-17(2,3)13-8-9-14(16-10-13)11-4-6-12(15)7-5-11;/h5-8,10-14,16H,15H2,1-4H3;2*4,6-10H,1-3H3;/q3*-1;+3/i1D3,12D,13D,14D,15D2;;;. The molecule has 0 spiro atoms. The molecule has 0 aliphatic carbocycles.